The van der Waals surface area contributed by atoms with Gasteiger partial charge in [-0.25, -0.2) is 0 Å². The summed E-state index contributed by atoms with van der Waals surface area (Å²) in [5.74, 6) is 1.04. The minimum atomic E-state index is 0.235. The quantitative estimate of drug-likeness (QED) is 0.870. The lowest BCUT2D eigenvalue weighted by molar-refractivity contribution is -0.131. The molecule has 1 aliphatic rings. The Bertz CT molecular complexity index is 432. The summed E-state index contributed by atoms with van der Waals surface area (Å²) in [5.41, 5.74) is 1.27. The Labute approximate surface area is 128 Å². The third-order valence-corrected chi connectivity index (χ3v) is 4.56. The van der Waals surface area contributed by atoms with Crippen LogP contribution in [0.5, 0.6) is 0 Å². The van der Waals surface area contributed by atoms with E-state index in [1.165, 1.54) is 12.0 Å². The molecule has 3 nitrogen and oxygen atoms in total. The minimum Gasteiger partial charge on any atom is -0.341 e. The molecule has 1 fully saturated rings. The summed E-state index contributed by atoms with van der Waals surface area (Å²) in [7, 11) is 0. The Morgan fingerprint density at radius 1 is 1.24 bits per heavy atom. The largest absolute Gasteiger partial charge is 0.341 e. The lowest BCUT2D eigenvalue weighted by atomic mass is 9.98. The second-order valence-electron chi connectivity index (χ2n) is 5.96. The number of likely N-dealkylation sites (N-methyl/N-ethyl adjacent to an activating group) is 1. The monoisotopic (exact) mass is 288 g/mol. The number of carbonyl (C=O) groups is 1. The highest BCUT2D eigenvalue weighted by Crippen LogP contribution is 2.23. The van der Waals surface area contributed by atoms with Crippen molar-refractivity contribution in [2.24, 2.45) is 5.92 Å². The zero-order chi connectivity index (χ0) is 15.1. The van der Waals surface area contributed by atoms with Crippen molar-refractivity contribution in [3.8, 4) is 0 Å². The molecule has 1 aromatic rings. The molecule has 3 heteroatoms. The maximum atomic E-state index is 12.3. The fourth-order valence-electron chi connectivity index (χ4n) is 3.13. The first-order chi connectivity index (χ1) is 10.2. The number of rotatable bonds is 6. The highest BCUT2D eigenvalue weighted by atomic mass is 16.2. The van der Waals surface area contributed by atoms with Crippen LogP contribution in [0.4, 0.5) is 0 Å². The van der Waals surface area contributed by atoms with Gasteiger partial charge in [-0.05, 0) is 30.9 Å². The molecule has 1 heterocycles. The zero-order valence-corrected chi connectivity index (χ0v) is 13.3. The molecule has 21 heavy (non-hydrogen) atoms. The van der Waals surface area contributed by atoms with Gasteiger partial charge in [0.15, 0.2) is 0 Å². The van der Waals surface area contributed by atoms with Crippen LogP contribution in [-0.2, 0) is 4.79 Å². The Kier molecular flexibility index (Phi) is 6.24. The van der Waals surface area contributed by atoms with E-state index in [2.05, 4.69) is 48.3 Å². The summed E-state index contributed by atoms with van der Waals surface area (Å²) in [5, 5.41) is 3.52. The van der Waals surface area contributed by atoms with Gasteiger partial charge in [-0.2, -0.15) is 0 Å². The highest BCUT2D eigenvalue weighted by molar-refractivity contribution is 5.76. The van der Waals surface area contributed by atoms with Crippen LogP contribution in [0.25, 0.3) is 0 Å². The molecule has 0 saturated carbocycles. The first-order valence-electron chi connectivity index (χ1n) is 8.30. The summed E-state index contributed by atoms with van der Waals surface area (Å²) in [6, 6.07) is 10.7. The molecule has 116 valence electrons. The first kappa shape index (κ1) is 16.0. The van der Waals surface area contributed by atoms with Crippen molar-refractivity contribution in [1.82, 2.24) is 10.2 Å². The van der Waals surface area contributed by atoms with Gasteiger partial charge < -0.3 is 10.2 Å². The molecule has 0 aliphatic carbocycles. The second-order valence-corrected chi connectivity index (χ2v) is 5.96. The standard InChI is InChI=1S/C18H28N2O/c1-3-15-10-11-18(21)20(13-12-15)14-17(19-4-2)16-8-6-5-7-9-16/h5-9,15,17,19H,3-4,10-14H2,1-2H3. The van der Waals surface area contributed by atoms with Crippen LogP contribution < -0.4 is 5.32 Å². The van der Waals surface area contributed by atoms with E-state index >= 15 is 0 Å². The molecule has 1 saturated heterocycles. The molecule has 2 atom stereocenters. The predicted octanol–water partition coefficient (Wildman–Crippen LogP) is 3.38. The predicted molar refractivity (Wildman–Crippen MR) is 87.1 cm³/mol. The van der Waals surface area contributed by atoms with Crippen molar-refractivity contribution in [2.75, 3.05) is 19.6 Å². The van der Waals surface area contributed by atoms with Gasteiger partial charge in [-0.15, -0.1) is 0 Å². The van der Waals surface area contributed by atoms with Gasteiger partial charge in [-0.3, -0.25) is 4.79 Å². The van der Waals surface area contributed by atoms with E-state index in [4.69, 9.17) is 0 Å². The Balaban J connectivity index is 2.04. The summed E-state index contributed by atoms with van der Waals surface area (Å²) in [4.78, 5) is 14.4. The first-order valence-corrected chi connectivity index (χ1v) is 8.30. The number of nitrogens with one attached hydrogen (secondary N) is 1. The molecule has 0 aromatic heterocycles. The molecular formula is C18H28N2O. The summed E-state index contributed by atoms with van der Waals surface area (Å²) < 4.78 is 0. The fourth-order valence-corrected chi connectivity index (χ4v) is 3.13. The lowest BCUT2D eigenvalue weighted by Crippen LogP contribution is -2.38. The highest BCUT2D eigenvalue weighted by Gasteiger charge is 2.24. The number of carbonyl (C=O) groups excluding carboxylic acids is 1. The summed E-state index contributed by atoms with van der Waals surface area (Å²) in [6.45, 7) is 6.96. The fraction of sp³-hybridized carbons (Fsp3) is 0.611. The molecule has 1 amide bonds. The average Bonchev–Trinajstić information content (AvgIpc) is 2.70. The lowest BCUT2D eigenvalue weighted by Gasteiger charge is -2.27. The van der Waals surface area contributed by atoms with Gasteiger partial charge in [-0.1, -0.05) is 50.6 Å². The van der Waals surface area contributed by atoms with Crippen LogP contribution in [0.1, 0.15) is 51.1 Å². The van der Waals surface area contributed by atoms with Crippen molar-refractivity contribution in [3.05, 3.63) is 35.9 Å². The van der Waals surface area contributed by atoms with E-state index < -0.39 is 0 Å². The molecule has 0 radical (unpaired) electrons. The molecule has 1 aliphatic heterocycles. The average molecular weight is 288 g/mol. The van der Waals surface area contributed by atoms with Crippen molar-refractivity contribution in [2.45, 2.75) is 45.6 Å². The molecule has 0 spiro atoms. The van der Waals surface area contributed by atoms with Gasteiger partial charge in [0.25, 0.3) is 0 Å². The number of hydrogen-bond donors (Lipinski definition) is 1. The number of hydrogen-bond acceptors (Lipinski definition) is 2. The number of likely N-dealkylation sites (tertiary alicyclic amines) is 1. The number of nitrogens with zero attached hydrogens (tertiary/aromatic N) is 1. The summed E-state index contributed by atoms with van der Waals surface area (Å²) in [6.07, 6.45) is 4.11. The molecule has 1 N–H and O–H groups in total. The van der Waals surface area contributed by atoms with E-state index in [9.17, 15) is 4.79 Å². The van der Waals surface area contributed by atoms with Crippen LogP contribution >= 0.6 is 0 Å². The van der Waals surface area contributed by atoms with Crippen LogP contribution in [0.3, 0.4) is 0 Å². The number of amides is 1. The van der Waals surface area contributed by atoms with Gasteiger partial charge in [0.05, 0.1) is 0 Å². The van der Waals surface area contributed by atoms with E-state index in [0.29, 0.717) is 18.2 Å². The maximum Gasteiger partial charge on any atom is 0.222 e. The van der Waals surface area contributed by atoms with E-state index in [1.54, 1.807) is 0 Å². The zero-order valence-electron chi connectivity index (χ0n) is 13.3. The van der Waals surface area contributed by atoms with E-state index in [0.717, 1.165) is 32.5 Å². The SMILES string of the molecule is CCNC(CN1CCC(CC)CCC1=O)c1ccccc1. The topological polar surface area (TPSA) is 32.3 Å². The van der Waals surface area contributed by atoms with Crippen LogP contribution in [0.2, 0.25) is 0 Å². The second kappa shape index (κ2) is 8.18. The third kappa shape index (κ3) is 4.57. The Morgan fingerprint density at radius 3 is 2.67 bits per heavy atom. The third-order valence-electron chi connectivity index (χ3n) is 4.56. The van der Waals surface area contributed by atoms with Crippen molar-refractivity contribution < 1.29 is 4.79 Å². The van der Waals surface area contributed by atoms with Gasteiger partial charge in [0.1, 0.15) is 0 Å². The van der Waals surface area contributed by atoms with Crippen molar-refractivity contribution in [3.63, 3.8) is 0 Å². The molecular weight excluding hydrogens is 260 g/mol. The Hall–Kier alpha value is -1.35. The van der Waals surface area contributed by atoms with Crippen molar-refractivity contribution in [1.29, 1.82) is 0 Å². The molecule has 2 unspecified atom stereocenters. The van der Waals surface area contributed by atoms with E-state index in [1.807, 2.05) is 6.07 Å². The smallest absolute Gasteiger partial charge is 0.222 e. The van der Waals surface area contributed by atoms with Crippen LogP contribution in [0, 0.1) is 5.92 Å². The van der Waals surface area contributed by atoms with Gasteiger partial charge in [0, 0.05) is 25.6 Å². The van der Waals surface area contributed by atoms with Crippen molar-refractivity contribution >= 4 is 5.91 Å². The molecule has 2 rings (SSSR count). The minimum absolute atomic E-state index is 0.235. The van der Waals surface area contributed by atoms with Gasteiger partial charge >= 0.3 is 0 Å². The Morgan fingerprint density at radius 2 is 2.00 bits per heavy atom. The van der Waals surface area contributed by atoms with Gasteiger partial charge in [0.2, 0.25) is 5.91 Å². The van der Waals surface area contributed by atoms with Crippen LogP contribution in [0.15, 0.2) is 30.3 Å². The van der Waals surface area contributed by atoms with Crippen LogP contribution in [-0.4, -0.2) is 30.4 Å². The summed E-state index contributed by atoms with van der Waals surface area (Å²) >= 11 is 0. The normalized spacial score (nSPS) is 21.1. The molecule has 0 bridgehead atoms. The maximum absolute atomic E-state index is 12.3. The number of benzene rings is 1. The molecule has 1 aromatic carbocycles. The van der Waals surface area contributed by atoms with E-state index in [-0.39, 0.29) is 6.04 Å².